The first-order valence-corrected chi connectivity index (χ1v) is 6.73. The van der Waals surface area contributed by atoms with Crippen LogP contribution in [0.15, 0.2) is 12.1 Å². The van der Waals surface area contributed by atoms with Gasteiger partial charge in [-0.05, 0) is 48.2 Å². The fraction of sp³-hybridized carbons (Fsp3) is 0.636. The minimum atomic E-state index is 0.315. The molecule has 18 heavy (non-hydrogen) atoms. The minimum Gasteiger partial charge on any atom is -0.349 e. The Hall–Kier alpha value is -1.43. The molecule has 2 fully saturated rings. The van der Waals surface area contributed by atoms with Crippen LogP contribution in [-0.4, -0.2) is 42.7 Å². The lowest BCUT2D eigenvalue weighted by Crippen LogP contribution is -2.44. The summed E-state index contributed by atoms with van der Waals surface area (Å²) in [5.41, 5.74) is 0.679. The molecule has 0 aromatic carbocycles. The summed E-state index contributed by atoms with van der Waals surface area (Å²) < 4.78 is 1.49. The molecule has 94 valence electrons. The number of tetrazole rings is 1. The van der Waals surface area contributed by atoms with Crippen molar-refractivity contribution in [3.8, 4) is 0 Å². The SMILES string of the molecule is ClC1CC2CCC(C1)N2c1ccc2nnnn2n1. The third-order valence-electron chi connectivity index (χ3n) is 4.00. The van der Waals surface area contributed by atoms with Crippen LogP contribution in [0.5, 0.6) is 0 Å². The number of nitrogens with zero attached hydrogens (tertiary/aromatic N) is 6. The van der Waals surface area contributed by atoms with Gasteiger partial charge in [-0.3, -0.25) is 0 Å². The van der Waals surface area contributed by atoms with E-state index < -0.39 is 0 Å². The maximum atomic E-state index is 6.29. The van der Waals surface area contributed by atoms with Crippen LogP contribution < -0.4 is 4.90 Å². The predicted octanol–water partition coefficient (Wildman–Crippen LogP) is 1.26. The Morgan fingerprint density at radius 1 is 1.17 bits per heavy atom. The third kappa shape index (κ3) is 1.48. The standard InChI is InChI=1S/C11H13ClN6/c12-7-5-8-1-2-9(6-7)17(8)11-4-3-10-13-15-16-18(10)14-11/h3-4,7-9H,1-2,5-6H2. The molecule has 0 spiro atoms. The number of hydrogen-bond donors (Lipinski definition) is 0. The van der Waals surface area contributed by atoms with Gasteiger partial charge in [0.1, 0.15) is 0 Å². The number of alkyl halides is 1. The first-order valence-electron chi connectivity index (χ1n) is 6.29. The van der Waals surface area contributed by atoms with Crippen LogP contribution in [0, 0.1) is 0 Å². The molecule has 2 atom stereocenters. The fourth-order valence-electron chi connectivity index (χ4n) is 3.26. The number of aromatic nitrogens is 5. The largest absolute Gasteiger partial charge is 0.349 e. The van der Waals surface area contributed by atoms with Crippen molar-refractivity contribution in [3.05, 3.63) is 12.1 Å². The first kappa shape index (κ1) is 10.5. The van der Waals surface area contributed by atoms with Gasteiger partial charge in [0.2, 0.25) is 0 Å². The van der Waals surface area contributed by atoms with Gasteiger partial charge in [0.25, 0.3) is 0 Å². The number of anilines is 1. The van der Waals surface area contributed by atoms with Gasteiger partial charge < -0.3 is 4.90 Å². The second-order valence-electron chi connectivity index (χ2n) is 5.08. The molecular weight excluding hydrogens is 252 g/mol. The summed E-state index contributed by atoms with van der Waals surface area (Å²) in [7, 11) is 0. The number of rotatable bonds is 1. The molecule has 2 aromatic rings. The highest BCUT2D eigenvalue weighted by Crippen LogP contribution is 2.39. The average molecular weight is 265 g/mol. The van der Waals surface area contributed by atoms with E-state index in [1.54, 1.807) is 0 Å². The molecule has 2 aromatic heterocycles. The Kier molecular flexibility index (Phi) is 2.20. The quantitative estimate of drug-likeness (QED) is 0.726. The van der Waals surface area contributed by atoms with Crippen molar-refractivity contribution in [1.29, 1.82) is 0 Å². The van der Waals surface area contributed by atoms with Gasteiger partial charge in [0.05, 0.1) is 0 Å². The number of fused-ring (bicyclic) bond motifs is 3. The summed E-state index contributed by atoms with van der Waals surface area (Å²) in [6, 6.07) is 4.96. The van der Waals surface area contributed by atoms with Gasteiger partial charge >= 0.3 is 0 Å². The van der Waals surface area contributed by atoms with E-state index in [-0.39, 0.29) is 0 Å². The maximum Gasteiger partial charge on any atom is 0.200 e. The van der Waals surface area contributed by atoms with E-state index in [9.17, 15) is 0 Å². The summed E-state index contributed by atoms with van der Waals surface area (Å²) >= 11 is 6.29. The molecule has 6 nitrogen and oxygen atoms in total. The van der Waals surface area contributed by atoms with Crippen molar-refractivity contribution >= 4 is 23.1 Å². The van der Waals surface area contributed by atoms with E-state index in [1.165, 1.54) is 17.5 Å². The van der Waals surface area contributed by atoms with E-state index in [0.717, 1.165) is 18.7 Å². The first-order chi connectivity index (χ1) is 8.81. The normalized spacial score (nSPS) is 31.2. The van der Waals surface area contributed by atoms with Crippen LogP contribution in [0.4, 0.5) is 5.82 Å². The van der Waals surface area contributed by atoms with Crippen LogP contribution in [0.1, 0.15) is 25.7 Å². The van der Waals surface area contributed by atoms with Crippen molar-refractivity contribution in [2.75, 3.05) is 4.90 Å². The van der Waals surface area contributed by atoms with Crippen LogP contribution in [0.2, 0.25) is 0 Å². The summed E-state index contributed by atoms with van der Waals surface area (Å²) in [5.74, 6) is 0.964. The molecule has 2 saturated heterocycles. The lowest BCUT2D eigenvalue weighted by Gasteiger charge is -2.37. The molecular formula is C11H13ClN6. The van der Waals surface area contributed by atoms with Crippen molar-refractivity contribution in [3.63, 3.8) is 0 Å². The fourth-order valence-corrected chi connectivity index (χ4v) is 3.67. The zero-order chi connectivity index (χ0) is 12.1. The highest BCUT2D eigenvalue weighted by atomic mass is 35.5. The van der Waals surface area contributed by atoms with Gasteiger partial charge in [-0.25, -0.2) is 0 Å². The van der Waals surface area contributed by atoms with Gasteiger partial charge in [-0.15, -0.1) is 26.4 Å². The van der Waals surface area contributed by atoms with Gasteiger partial charge in [-0.1, -0.05) is 0 Å². The van der Waals surface area contributed by atoms with Crippen molar-refractivity contribution in [1.82, 2.24) is 25.3 Å². The van der Waals surface area contributed by atoms with Crippen LogP contribution in [-0.2, 0) is 0 Å². The smallest absolute Gasteiger partial charge is 0.200 e. The molecule has 0 radical (unpaired) electrons. The van der Waals surface area contributed by atoms with Crippen molar-refractivity contribution in [2.45, 2.75) is 43.1 Å². The molecule has 2 bridgehead atoms. The maximum absolute atomic E-state index is 6.29. The highest BCUT2D eigenvalue weighted by Gasteiger charge is 2.40. The summed E-state index contributed by atoms with van der Waals surface area (Å²) in [4.78, 5) is 2.40. The minimum absolute atomic E-state index is 0.315. The molecule has 0 saturated carbocycles. The van der Waals surface area contributed by atoms with Gasteiger partial charge in [-0.2, -0.15) is 0 Å². The van der Waals surface area contributed by atoms with Gasteiger partial charge in [0.15, 0.2) is 11.5 Å². The Bertz CT molecular complexity index is 570. The van der Waals surface area contributed by atoms with E-state index in [4.69, 9.17) is 11.6 Å². The molecule has 4 rings (SSSR count). The van der Waals surface area contributed by atoms with Crippen LogP contribution in [0.25, 0.3) is 5.65 Å². The lowest BCUT2D eigenvalue weighted by atomic mass is 10.0. The summed E-state index contributed by atoms with van der Waals surface area (Å²) in [5, 5.41) is 16.1. The Balaban J connectivity index is 1.74. The molecule has 0 amide bonds. The van der Waals surface area contributed by atoms with Crippen molar-refractivity contribution in [2.24, 2.45) is 0 Å². The molecule has 0 aliphatic carbocycles. The van der Waals surface area contributed by atoms with E-state index >= 15 is 0 Å². The molecule has 4 heterocycles. The second kappa shape index (κ2) is 3.78. The molecule has 0 N–H and O–H groups in total. The van der Waals surface area contributed by atoms with E-state index in [2.05, 4.69) is 25.5 Å². The Morgan fingerprint density at radius 3 is 2.72 bits per heavy atom. The van der Waals surface area contributed by atoms with E-state index in [1.807, 2.05) is 12.1 Å². The van der Waals surface area contributed by atoms with Crippen molar-refractivity contribution < 1.29 is 0 Å². The Morgan fingerprint density at radius 2 is 1.94 bits per heavy atom. The number of halogens is 1. The third-order valence-corrected chi connectivity index (χ3v) is 4.35. The van der Waals surface area contributed by atoms with E-state index in [0.29, 0.717) is 23.1 Å². The zero-order valence-electron chi connectivity index (χ0n) is 9.78. The predicted molar refractivity (Wildman–Crippen MR) is 66.7 cm³/mol. The monoisotopic (exact) mass is 264 g/mol. The summed E-state index contributed by atoms with van der Waals surface area (Å²) in [6.07, 6.45) is 4.52. The average Bonchev–Trinajstić information content (AvgIpc) is 2.91. The van der Waals surface area contributed by atoms with Gasteiger partial charge in [0, 0.05) is 17.5 Å². The Labute approximate surface area is 109 Å². The van der Waals surface area contributed by atoms with Crippen LogP contribution in [0.3, 0.4) is 0 Å². The summed E-state index contributed by atoms with van der Waals surface area (Å²) in [6.45, 7) is 0. The topological polar surface area (TPSA) is 59.2 Å². The molecule has 7 heteroatoms. The zero-order valence-corrected chi connectivity index (χ0v) is 10.5. The highest BCUT2D eigenvalue weighted by molar-refractivity contribution is 6.20. The molecule has 2 unspecified atom stereocenters. The van der Waals surface area contributed by atoms with Crippen LogP contribution >= 0.6 is 11.6 Å². The molecule has 2 aliphatic rings. The lowest BCUT2D eigenvalue weighted by molar-refractivity contribution is 0.467. The second-order valence-corrected chi connectivity index (χ2v) is 5.70. The number of piperidine rings is 1. The number of hydrogen-bond acceptors (Lipinski definition) is 5. The molecule has 2 aliphatic heterocycles.